The van der Waals surface area contributed by atoms with Gasteiger partial charge in [-0.2, -0.15) is 0 Å². The fourth-order valence-corrected chi connectivity index (χ4v) is 2.96. The molecule has 2 atom stereocenters. The molecule has 0 aromatic heterocycles. The van der Waals surface area contributed by atoms with E-state index < -0.39 is 11.9 Å². The van der Waals surface area contributed by atoms with Crippen molar-refractivity contribution in [2.45, 2.75) is 39.2 Å². The van der Waals surface area contributed by atoms with Crippen LogP contribution in [0.4, 0.5) is 0 Å². The van der Waals surface area contributed by atoms with E-state index >= 15 is 0 Å². The van der Waals surface area contributed by atoms with Crippen molar-refractivity contribution >= 4 is 11.9 Å². The molecule has 5 nitrogen and oxygen atoms in total. The summed E-state index contributed by atoms with van der Waals surface area (Å²) in [6.45, 7) is 4.73. The minimum atomic E-state index is -0.863. The van der Waals surface area contributed by atoms with E-state index in [1.165, 1.54) is 5.56 Å². The Labute approximate surface area is 137 Å². The van der Waals surface area contributed by atoms with Crippen LogP contribution in [0, 0.1) is 11.8 Å². The number of carboxylic acid groups (broad SMARTS) is 1. The molecule has 2 N–H and O–H groups in total. The number of benzene rings is 1. The zero-order chi connectivity index (χ0) is 16.8. The SMILES string of the molecule is CC(C)CC(CNC(=O)CC1OCCc2ccccc21)C(=O)O. The van der Waals surface area contributed by atoms with Crippen molar-refractivity contribution in [2.75, 3.05) is 13.2 Å². The second kappa shape index (κ2) is 8.11. The van der Waals surface area contributed by atoms with Crippen molar-refractivity contribution in [1.82, 2.24) is 5.32 Å². The van der Waals surface area contributed by atoms with Gasteiger partial charge in [-0.15, -0.1) is 0 Å². The van der Waals surface area contributed by atoms with Crippen LogP contribution in [0.5, 0.6) is 0 Å². The third kappa shape index (κ3) is 5.06. The number of amides is 1. The van der Waals surface area contributed by atoms with Crippen molar-refractivity contribution in [3.63, 3.8) is 0 Å². The molecule has 0 radical (unpaired) electrons. The van der Waals surface area contributed by atoms with E-state index in [1.54, 1.807) is 0 Å². The molecule has 1 aromatic rings. The fraction of sp³-hybridized carbons (Fsp3) is 0.556. The van der Waals surface area contributed by atoms with E-state index in [2.05, 4.69) is 11.4 Å². The Hall–Kier alpha value is -1.88. The summed E-state index contributed by atoms with van der Waals surface area (Å²) < 4.78 is 5.72. The molecule has 1 amide bonds. The number of fused-ring (bicyclic) bond motifs is 1. The number of nitrogens with one attached hydrogen (secondary N) is 1. The van der Waals surface area contributed by atoms with Gasteiger partial charge in [0, 0.05) is 6.54 Å². The summed E-state index contributed by atoms with van der Waals surface area (Å²) in [4.78, 5) is 23.4. The molecule has 2 rings (SSSR count). The van der Waals surface area contributed by atoms with Gasteiger partial charge in [-0.3, -0.25) is 9.59 Å². The molecular weight excluding hydrogens is 294 g/mol. The Balaban J connectivity index is 1.89. The Morgan fingerprint density at radius 1 is 1.35 bits per heavy atom. The predicted octanol–water partition coefficient (Wildman–Crippen LogP) is 2.55. The summed E-state index contributed by atoms with van der Waals surface area (Å²) >= 11 is 0. The lowest BCUT2D eigenvalue weighted by Crippen LogP contribution is -2.35. The largest absolute Gasteiger partial charge is 0.481 e. The van der Waals surface area contributed by atoms with Gasteiger partial charge in [-0.25, -0.2) is 0 Å². The average Bonchev–Trinajstić information content (AvgIpc) is 2.51. The van der Waals surface area contributed by atoms with Gasteiger partial charge in [0.1, 0.15) is 0 Å². The summed E-state index contributed by atoms with van der Waals surface area (Å²) in [6.07, 6.45) is 1.40. The molecule has 0 saturated heterocycles. The number of rotatable bonds is 7. The molecule has 0 aliphatic carbocycles. The standard InChI is InChI=1S/C18H25NO4/c1-12(2)9-14(18(21)22)11-19-17(20)10-16-15-6-4-3-5-13(15)7-8-23-16/h3-6,12,14,16H,7-11H2,1-2H3,(H,19,20)(H,21,22). The number of aliphatic carboxylic acids is 1. The van der Waals surface area contributed by atoms with Crippen LogP contribution in [0.1, 0.15) is 43.9 Å². The van der Waals surface area contributed by atoms with Crippen LogP contribution < -0.4 is 5.32 Å². The third-order valence-electron chi connectivity index (χ3n) is 4.11. The van der Waals surface area contributed by atoms with Gasteiger partial charge < -0.3 is 15.2 Å². The van der Waals surface area contributed by atoms with Gasteiger partial charge in [0.05, 0.1) is 25.0 Å². The third-order valence-corrected chi connectivity index (χ3v) is 4.11. The zero-order valence-corrected chi connectivity index (χ0v) is 13.7. The van der Waals surface area contributed by atoms with Gasteiger partial charge in [-0.1, -0.05) is 38.1 Å². The van der Waals surface area contributed by atoms with E-state index in [0.717, 1.165) is 12.0 Å². The van der Waals surface area contributed by atoms with E-state index in [9.17, 15) is 14.7 Å². The number of ether oxygens (including phenoxy) is 1. The average molecular weight is 319 g/mol. The Morgan fingerprint density at radius 2 is 2.09 bits per heavy atom. The van der Waals surface area contributed by atoms with E-state index in [1.807, 2.05) is 32.0 Å². The predicted molar refractivity (Wildman–Crippen MR) is 87.0 cm³/mol. The maximum absolute atomic E-state index is 12.1. The Bertz CT molecular complexity index is 556. The minimum Gasteiger partial charge on any atom is -0.481 e. The Morgan fingerprint density at radius 3 is 2.78 bits per heavy atom. The first kappa shape index (κ1) is 17.5. The fourth-order valence-electron chi connectivity index (χ4n) is 2.96. The summed E-state index contributed by atoms with van der Waals surface area (Å²) in [5.41, 5.74) is 2.28. The van der Waals surface area contributed by atoms with Crippen LogP contribution in [0.15, 0.2) is 24.3 Å². The van der Waals surface area contributed by atoms with Crippen LogP contribution in [-0.2, 0) is 20.7 Å². The molecule has 126 valence electrons. The quantitative estimate of drug-likeness (QED) is 0.810. The molecule has 0 saturated carbocycles. The first-order valence-electron chi connectivity index (χ1n) is 8.16. The summed E-state index contributed by atoms with van der Waals surface area (Å²) in [5, 5.41) is 12.0. The van der Waals surface area contributed by atoms with Gasteiger partial charge in [0.15, 0.2) is 0 Å². The molecule has 1 heterocycles. The molecule has 1 aliphatic rings. The van der Waals surface area contributed by atoms with Crippen LogP contribution in [0.2, 0.25) is 0 Å². The van der Waals surface area contributed by atoms with Crippen LogP contribution in [0.3, 0.4) is 0 Å². The first-order valence-corrected chi connectivity index (χ1v) is 8.16. The van der Waals surface area contributed by atoms with Crippen molar-refractivity contribution in [3.05, 3.63) is 35.4 Å². The van der Waals surface area contributed by atoms with E-state index in [0.29, 0.717) is 13.0 Å². The number of hydrogen-bond donors (Lipinski definition) is 2. The maximum Gasteiger partial charge on any atom is 0.308 e. The smallest absolute Gasteiger partial charge is 0.308 e. The zero-order valence-electron chi connectivity index (χ0n) is 13.7. The van der Waals surface area contributed by atoms with Gasteiger partial charge in [-0.05, 0) is 29.9 Å². The normalized spacial score (nSPS) is 18.3. The first-order chi connectivity index (χ1) is 11.0. The van der Waals surface area contributed by atoms with Crippen molar-refractivity contribution in [3.8, 4) is 0 Å². The summed E-state index contributed by atoms with van der Waals surface area (Å²) in [7, 11) is 0. The number of hydrogen-bond acceptors (Lipinski definition) is 3. The highest BCUT2D eigenvalue weighted by molar-refractivity contribution is 5.78. The summed E-state index contributed by atoms with van der Waals surface area (Å²) in [5.74, 6) is -1.29. The molecule has 23 heavy (non-hydrogen) atoms. The Kier molecular flexibility index (Phi) is 6.16. The maximum atomic E-state index is 12.1. The van der Waals surface area contributed by atoms with Crippen LogP contribution >= 0.6 is 0 Å². The van der Waals surface area contributed by atoms with E-state index in [-0.39, 0.29) is 30.9 Å². The molecular formula is C18H25NO4. The molecule has 2 unspecified atom stereocenters. The highest BCUT2D eigenvalue weighted by Gasteiger charge is 2.24. The van der Waals surface area contributed by atoms with Crippen molar-refractivity contribution in [2.24, 2.45) is 11.8 Å². The highest BCUT2D eigenvalue weighted by atomic mass is 16.5. The van der Waals surface area contributed by atoms with Crippen molar-refractivity contribution in [1.29, 1.82) is 0 Å². The van der Waals surface area contributed by atoms with Crippen molar-refractivity contribution < 1.29 is 19.4 Å². The second-order valence-corrected chi connectivity index (χ2v) is 6.48. The molecule has 5 heteroatoms. The minimum absolute atomic E-state index is 0.165. The number of carbonyl (C=O) groups is 2. The molecule has 1 aliphatic heterocycles. The molecule has 0 bridgehead atoms. The number of carboxylic acids is 1. The van der Waals surface area contributed by atoms with Gasteiger partial charge >= 0.3 is 5.97 Å². The second-order valence-electron chi connectivity index (χ2n) is 6.48. The lowest BCUT2D eigenvalue weighted by molar-refractivity contribution is -0.142. The lowest BCUT2D eigenvalue weighted by atomic mass is 9.95. The topological polar surface area (TPSA) is 75.6 Å². The molecule has 1 aromatic carbocycles. The molecule has 0 fully saturated rings. The molecule has 0 spiro atoms. The van der Waals surface area contributed by atoms with Crippen LogP contribution in [0.25, 0.3) is 0 Å². The summed E-state index contributed by atoms with van der Waals surface area (Å²) in [6, 6.07) is 7.99. The number of carbonyl (C=O) groups excluding carboxylic acids is 1. The van der Waals surface area contributed by atoms with Gasteiger partial charge in [0.2, 0.25) is 5.91 Å². The van der Waals surface area contributed by atoms with Crippen LogP contribution in [-0.4, -0.2) is 30.1 Å². The monoisotopic (exact) mass is 319 g/mol. The highest BCUT2D eigenvalue weighted by Crippen LogP contribution is 2.29. The lowest BCUT2D eigenvalue weighted by Gasteiger charge is -2.26. The van der Waals surface area contributed by atoms with Gasteiger partial charge in [0.25, 0.3) is 0 Å². The van der Waals surface area contributed by atoms with E-state index in [4.69, 9.17) is 4.74 Å².